The van der Waals surface area contributed by atoms with E-state index in [9.17, 15) is 9.59 Å². The first-order chi connectivity index (χ1) is 11.5. The minimum atomic E-state index is -1.05. The van der Waals surface area contributed by atoms with Gasteiger partial charge in [-0.2, -0.15) is 5.10 Å². The number of amides is 1. The third kappa shape index (κ3) is 3.59. The summed E-state index contributed by atoms with van der Waals surface area (Å²) in [5, 5.41) is 16.8. The number of nitrogens with zero attached hydrogens (tertiary/aromatic N) is 2. The van der Waals surface area contributed by atoms with Gasteiger partial charge in [0.15, 0.2) is 5.69 Å². The molecule has 1 aromatic carbocycles. The number of benzene rings is 1. The fraction of sp³-hybridized carbons (Fsp3) is 0.353. The molecule has 7 heteroatoms. The lowest BCUT2D eigenvalue weighted by Gasteiger charge is -2.21. The molecule has 0 fully saturated rings. The number of carboxylic acid groups (broad SMARTS) is 1. The Hall–Kier alpha value is -2.34. The summed E-state index contributed by atoms with van der Waals surface area (Å²) in [6.07, 6.45) is 3.77. The number of carbonyl (C=O) groups is 2. The van der Waals surface area contributed by atoms with E-state index in [1.165, 1.54) is 4.90 Å². The summed E-state index contributed by atoms with van der Waals surface area (Å²) in [6.45, 7) is -0.174. The predicted molar refractivity (Wildman–Crippen MR) is 89.1 cm³/mol. The molecule has 0 saturated heterocycles. The van der Waals surface area contributed by atoms with E-state index < -0.39 is 5.97 Å². The van der Waals surface area contributed by atoms with E-state index in [1.807, 2.05) is 0 Å². The van der Waals surface area contributed by atoms with Crippen LogP contribution in [0, 0.1) is 0 Å². The molecule has 1 heterocycles. The Balaban J connectivity index is 1.85. The first-order valence-electron chi connectivity index (χ1n) is 7.86. The molecule has 1 aliphatic rings. The SMILES string of the molecule is O=C(O)CN(Cc1ccc(Cl)cc1)C(=O)c1n[nH]c2c1CCCC2. The zero-order valence-corrected chi connectivity index (χ0v) is 13.8. The van der Waals surface area contributed by atoms with Gasteiger partial charge in [0.2, 0.25) is 0 Å². The van der Waals surface area contributed by atoms with Crippen molar-refractivity contribution < 1.29 is 14.7 Å². The van der Waals surface area contributed by atoms with Crippen LogP contribution >= 0.6 is 11.6 Å². The summed E-state index contributed by atoms with van der Waals surface area (Å²) in [7, 11) is 0. The fourth-order valence-corrected chi connectivity index (χ4v) is 3.11. The number of aromatic amines is 1. The van der Waals surface area contributed by atoms with Gasteiger partial charge in [-0.1, -0.05) is 23.7 Å². The lowest BCUT2D eigenvalue weighted by Crippen LogP contribution is -2.36. The van der Waals surface area contributed by atoms with Crippen molar-refractivity contribution in [1.29, 1.82) is 0 Å². The van der Waals surface area contributed by atoms with Gasteiger partial charge in [0, 0.05) is 22.8 Å². The lowest BCUT2D eigenvalue weighted by molar-refractivity contribution is -0.137. The highest BCUT2D eigenvalue weighted by Crippen LogP contribution is 2.23. The van der Waals surface area contributed by atoms with Crippen LogP contribution in [0.4, 0.5) is 0 Å². The van der Waals surface area contributed by atoms with E-state index >= 15 is 0 Å². The maximum atomic E-state index is 12.8. The number of hydrogen-bond donors (Lipinski definition) is 2. The maximum absolute atomic E-state index is 12.8. The van der Waals surface area contributed by atoms with Crippen molar-refractivity contribution in [2.75, 3.05) is 6.54 Å². The number of aromatic nitrogens is 2. The Bertz CT molecular complexity index is 755. The minimum absolute atomic E-state index is 0.198. The smallest absolute Gasteiger partial charge is 0.323 e. The largest absolute Gasteiger partial charge is 0.480 e. The Morgan fingerprint density at radius 1 is 1.21 bits per heavy atom. The number of H-pyrrole nitrogens is 1. The molecule has 0 unspecified atom stereocenters. The molecule has 0 radical (unpaired) electrons. The van der Waals surface area contributed by atoms with Crippen LogP contribution in [-0.4, -0.2) is 38.6 Å². The van der Waals surface area contributed by atoms with Crippen molar-refractivity contribution in [1.82, 2.24) is 15.1 Å². The molecule has 6 nitrogen and oxygen atoms in total. The minimum Gasteiger partial charge on any atom is -0.480 e. The molecule has 1 aliphatic carbocycles. The maximum Gasteiger partial charge on any atom is 0.323 e. The summed E-state index contributed by atoms with van der Waals surface area (Å²) in [5.74, 6) is -1.41. The Morgan fingerprint density at radius 3 is 2.62 bits per heavy atom. The monoisotopic (exact) mass is 347 g/mol. The van der Waals surface area contributed by atoms with E-state index in [0.717, 1.165) is 42.5 Å². The average Bonchev–Trinajstić information content (AvgIpc) is 2.99. The van der Waals surface area contributed by atoms with Crippen molar-refractivity contribution in [2.24, 2.45) is 0 Å². The Morgan fingerprint density at radius 2 is 1.92 bits per heavy atom. The van der Waals surface area contributed by atoms with E-state index in [0.29, 0.717) is 10.7 Å². The molecule has 1 amide bonds. The fourth-order valence-electron chi connectivity index (χ4n) is 2.98. The van der Waals surface area contributed by atoms with Crippen LogP contribution in [0.3, 0.4) is 0 Å². The zero-order chi connectivity index (χ0) is 17.1. The number of hydrogen-bond acceptors (Lipinski definition) is 3. The molecule has 2 aromatic rings. The van der Waals surface area contributed by atoms with Crippen LogP contribution in [-0.2, 0) is 24.2 Å². The first-order valence-corrected chi connectivity index (χ1v) is 8.24. The topological polar surface area (TPSA) is 86.3 Å². The van der Waals surface area contributed by atoms with E-state index in [-0.39, 0.29) is 19.0 Å². The quantitative estimate of drug-likeness (QED) is 0.870. The standard InChI is InChI=1S/C17H18ClN3O3/c18-12-7-5-11(6-8-12)9-21(10-15(22)23)17(24)16-13-3-1-2-4-14(13)19-20-16/h5-8H,1-4,9-10H2,(H,19,20)(H,22,23). The van der Waals surface area contributed by atoms with Crippen LogP contribution in [0.2, 0.25) is 5.02 Å². The molecule has 0 aliphatic heterocycles. The molecule has 2 N–H and O–H groups in total. The Kier molecular flexibility index (Phi) is 4.85. The molecule has 0 saturated carbocycles. The molecule has 1 aromatic heterocycles. The number of rotatable bonds is 5. The first kappa shape index (κ1) is 16.5. The normalized spacial score (nSPS) is 13.4. The van der Waals surface area contributed by atoms with E-state index in [1.54, 1.807) is 24.3 Å². The second-order valence-corrected chi connectivity index (χ2v) is 6.35. The summed E-state index contributed by atoms with van der Waals surface area (Å²) in [5.41, 5.74) is 3.09. The summed E-state index contributed by atoms with van der Waals surface area (Å²) in [4.78, 5) is 25.3. The average molecular weight is 348 g/mol. The number of aliphatic carboxylic acids is 1. The van der Waals surface area contributed by atoms with Crippen LogP contribution in [0.1, 0.15) is 40.2 Å². The summed E-state index contributed by atoms with van der Waals surface area (Å²) in [6, 6.07) is 7.00. The van der Waals surface area contributed by atoms with Gasteiger partial charge < -0.3 is 10.0 Å². The second-order valence-electron chi connectivity index (χ2n) is 5.92. The highest BCUT2D eigenvalue weighted by Gasteiger charge is 2.26. The summed E-state index contributed by atoms with van der Waals surface area (Å²) < 4.78 is 0. The van der Waals surface area contributed by atoms with Crippen LogP contribution in [0.15, 0.2) is 24.3 Å². The highest BCUT2D eigenvalue weighted by molar-refractivity contribution is 6.30. The molecule has 3 rings (SSSR count). The molecule has 24 heavy (non-hydrogen) atoms. The molecule has 0 spiro atoms. The van der Waals surface area contributed by atoms with Crippen LogP contribution < -0.4 is 0 Å². The van der Waals surface area contributed by atoms with Gasteiger partial charge in [-0.3, -0.25) is 14.7 Å². The number of carboxylic acids is 1. The van der Waals surface area contributed by atoms with Gasteiger partial charge in [0.1, 0.15) is 6.54 Å². The van der Waals surface area contributed by atoms with Gasteiger partial charge in [-0.15, -0.1) is 0 Å². The Labute approximate surface area is 144 Å². The molecule has 0 bridgehead atoms. The third-order valence-corrected chi connectivity index (χ3v) is 4.41. The number of halogens is 1. The van der Waals surface area contributed by atoms with E-state index in [4.69, 9.17) is 16.7 Å². The molecule has 0 atom stereocenters. The molecular weight excluding hydrogens is 330 g/mol. The number of aryl methyl sites for hydroxylation is 1. The van der Waals surface area contributed by atoms with Crippen molar-refractivity contribution in [3.05, 3.63) is 51.8 Å². The predicted octanol–water partition coefficient (Wildman–Crippen LogP) is 2.67. The van der Waals surface area contributed by atoms with Crippen molar-refractivity contribution in [2.45, 2.75) is 32.2 Å². The van der Waals surface area contributed by atoms with Gasteiger partial charge in [0.25, 0.3) is 5.91 Å². The third-order valence-electron chi connectivity index (χ3n) is 4.16. The second kappa shape index (κ2) is 7.05. The summed E-state index contributed by atoms with van der Waals surface area (Å²) >= 11 is 5.87. The lowest BCUT2D eigenvalue weighted by atomic mass is 9.95. The molecule has 126 valence electrons. The van der Waals surface area contributed by atoms with Crippen LogP contribution in [0.25, 0.3) is 0 Å². The molecular formula is C17H18ClN3O3. The van der Waals surface area contributed by atoms with Crippen LogP contribution in [0.5, 0.6) is 0 Å². The number of fused-ring (bicyclic) bond motifs is 1. The van der Waals surface area contributed by atoms with Gasteiger partial charge in [-0.05, 0) is 43.4 Å². The van der Waals surface area contributed by atoms with Gasteiger partial charge in [-0.25, -0.2) is 0 Å². The zero-order valence-electron chi connectivity index (χ0n) is 13.1. The van der Waals surface area contributed by atoms with Gasteiger partial charge >= 0.3 is 5.97 Å². The van der Waals surface area contributed by atoms with Crippen molar-refractivity contribution >= 4 is 23.5 Å². The van der Waals surface area contributed by atoms with Crippen molar-refractivity contribution in [3.63, 3.8) is 0 Å². The van der Waals surface area contributed by atoms with Crippen molar-refractivity contribution in [3.8, 4) is 0 Å². The van der Waals surface area contributed by atoms with Gasteiger partial charge in [0.05, 0.1) is 0 Å². The number of nitrogens with one attached hydrogen (secondary N) is 1. The van der Waals surface area contributed by atoms with E-state index in [2.05, 4.69) is 10.2 Å². The number of carbonyl (C=O) groups excluding carboxylic acids is 1. The highest BCUT2D eigenvalue weighted by atomic mass is 35.5.